The zero-order valence-corrected chi connectivity index (χ0v) is 18.1. The molecule has 8 heteroatoms. The number of rotatable bonds is 3. The summed E-state index contributed by atoms with van der Waals surface area (Å²) in [5.74, 6) is -0.588. The third kappa shape index (κ3) is 4.59. The summed E-state index contributed by atoms with van der Waals surface area (Å²) in [5.41, 5.74) is 1.44. The van der Waals surface area contributed by atoms with Gasteiger partial charge in [-0.05, 0) is 55.0 Å². The molecular weight excluding hydrogens is 421 g/mol. The molecule has 2 fully saturated rings. The van der Waals surface area contributed by atoms with Crippen molar-refractivity contribution in [2.75, 3.05) is 39.3 Å². The van der Waals surface area contributed by atoms with Crippen LogP contribution in [0.4, 0.5) is 4.39 Å². The van der Waals surface area contributed by atoms with E-state index in [1.807, 2.05) is 0 Å². The number of β-amino-alcohol motifs (C(OH)–C–C–N with tert-alkyl or cyclic N) is 1. The minimum Gasteiger partial charge on any atom is -0.390 e. The van der Waals surface area contributed by atoms with E-state index in [1.54, 1.807) is 47.1 Å². The first-order valence-corrected chi connectivity index (χ1v) is 10.7. The predicted molar refractivity (Wildman–Crippen MR) is 116 cm³/mol. The Labute approximate surface area is 185 Å². The van der Waals surface area contributed by atoms with Gasteiger partial charge >= 0.3 is 0 Å². The van der Waals surface area contributed by atoms with Crippen LogP contribution in [0, 0.1) is 12.7 Å². The van der Waals surface area contributed by atoms with Crippen LogP contribution in [0.2, 0.25) is 5.02 Å². The van der Waals surface area contributed by atoms with Gasteiger partial charge in [-0.3, -0.25) is 14.5 Å². The summed E-state index contributed by atoms with van der Waals surface area (Å²) >= 11 is 5.90. The Morgan fingerprint density at radius 1 is 0.935 bits per heavy atom. The molecule has 0 spiro atoms. The molecule has 0 aromatic heterocycles. The van der Waals surface area contributed by atoms with Crippen LogP contribution in [-0.2, 0) is 0 Å². The summed E-state index contributed by atoms with van der Waals surface area (Å²) < 4.78 is 13.5. The van der Waals surface area contributed by atoms with Crippen molar-refractivity contribution < 1.29 is 19.1 Å². The molecule has 0 aliphatic carbocycles. The van der Waals surface area contributed by atoms with Gasteiger partial charge in [0.2, 0.25) is 0 Å². The lowest BCUT2D eigenvalue weighted by Gasteiger charge is -2.38. The third-order valence-corrected chi connectivity index (χ3v) is 6.36. The Bertz CT molecular complexity index is 977. The number of hydrogen-bond acceptors (Lipinski definition) is 4. The van der Waals surface area contributed by atoms with E-state index in [4.69, 9.17) is 11.6 Å². The molecule has 1 N–H and O–H groups in total. The van der Waals surface area contributed by atoms with E-state index in [0.717, 1.165) is 0 Å². The molecule has 2 unspecified atom stereocenters. The summed E-state index contributed by atoms with van der Waals surface area (Å²) in [6, 6.07) is 11.0. The zero-order valence-electron chi connectivity index (χ0n) is 17.3. The highest BCUT2D eigenvalue weighted by Gasteiger charge is 2.39. The maximum Gasteiger partial charge on any atom is 0.254 e. The maximum atomic E-state index is 13.5. The summed E-state index contributed by atoms with van der Waals surface area (Å²) in [7, 11) is 0. The summed E-state index contributed by atoms with van der Waals surface area (Å²) in [6.45, 7) is 4.62. The van der Waals surface area contributed by atoms with Gasteiger partial charge < -0.3 is 14.9 Å². The number of carbonyl (C=O) groups excluding carboxylic acids is 2. The van der Waals surface area contributed by atoms with Crippen molar-refractivity contribution in [2.24, 2.45) is 0 Å². The zero-order chi connectivity index (χ0) is 22.1. The Morgan fingerprint density at radius 2 is 1.55 bits per heavy atom. The summed E-state index contributed by atoms with van der Waals surface area (Å²) in [6.07, 6.45) is -0.663. The molecule has 164 valence electrons. The number of hydrogen-bond donors (Lipinski definition) is 1. The normalized spacial score (nSPS) is 22.1. The molecule has 2 amide bonds. The molecule has 2 atom stereocenters. The largest absolute Gasteiger partial charge is 0.390 e. The molecule has 0 bridgehead atoms. The number of halogens is 2. The van der Waals surface area contributed by atoms with Gasteiger partial charge in [-0.25, -0.2) is 4.39 Å². The predicted octanol–water partition coefficient (Wildman–Crippen LogP) is 2.43. The molecule has 0 saturated carbocycles. The van der Waals surface area contributed by atoms with Crippen molar-refractivity contribution in [1.29, 1.82) is 0 Å². The second kappa shape index (κ2) is 8.94. The fraction of sp³-hybridized carbons (Fsp3) is 0.391. The van der Waals surface area contributed by atoms with Gasteiger partial charge in [0.15, 0.2) is 0 Å². The van der Waals surface area contributed by atoms with Crippen molar-refractivity contribution in [3.63, 3.8) is 0 Å². The third-order valence-electron chi connectivity index (χ3n) is 6.11. The lowest BCUT2D eigenvalue weighted by atomic mass is 10.1. The Balaban J connectivity index is 1.35. The number of piperazine rings is 1. The number of aliphatic hydroxyl groups excluding tert-OH is 1. The lowest BCUT2D eigenvalue weighted by molar-refractivity contribution is 0.0376. The van der Waals surface area contributed by atoms with E-state index in [1.165, 1.54) is 12.1 Å². The molecule has 2 aromatic carbocycles. The Hall–Kier alpha value is -2.48. The first-order chi connectivity index (χ1) is 14.8. The fourth-order valence-corrected chi connectivity index (χ4v) is 4.41. The fourth-order valence-electron chi connectivity index (χ4n) is 4.29. The van der Waals surface area contributed by atoms with Gasteiger partial charge in [0.05, 0.1) is 12.1 Å². The van der Waals surface area contributed by atoms with E-state index >= 15 is 0 Å². The number of carbonyl (C=O) groups is 2. The molecule has 0 radical (unpaired) electrons. The van der Waals surface area contributed by atoms with Gasteiger partial charge in [0, 0.05) is 55.4 Å². The highest BCUT2D eigenvalue weighted by atomic mass is 35.5. The molecule has 4 rings (SSSR count). The molecule has 31 heavy (non-hydrogen) atoms. The quantitative estimate of drug-likeness (QED) is 0.788. The minimum absolute atomic E-state index is 0.0354. The molecular formula is C23H25ClFN3O3. The minimum atomic E-state index is -0.663. The highest BCUT2D eigenvalue weighted by Crippen LogP contribution is 2.22. The summed E-state index contributed by atoms with van der Waals surface area (Å²) in [5, 5.41) is 11.2. The van der Waals surface area contributed by atoms with Gasteiger partial charge in [-0.2, -0.15) is 0 Å². The molecule has 2 heterocycles. The lowest BCUT2D eigenvalue weighted by Crippen LogP contribution is -2.54. The average Bonchev–Trinajstić information content (AvgIpc) is 3.17. The Morgan fingerprint density at radius 3 is 2.19 bits per heavy atom. The number of aryl methyl sites for hydroxylation is 1. The first-order valence-electron chi connectivity index (χ1n) is 10.4. The van der Waals surface area contributed by atoms with E-state index in [9.17, 15) is 19.1 Å². The number of amides is 2. The number of likely N-dealkylation sites (tertiary alicyclic amines) is 1. The van der Waals surface area contributed by atoms with Crippen LogP contribution in [0.1, 0.15) is 26.3 Å². The highest BCUT2D eigenvalue weighted by molar-refractivity contribution is 6.30. The van der Waals surface area contributed by atoms with Crippen LogP contribution in [0.3, 0.4) is 0 Å². The van der Waals surface area contributed by atoms with Crippen molar-refractivity contribution in [3.8, 4) is 0 Å². The van der Waals surface area contributed by atoms with Crippen LogP contribution in [0.15, 0.2) is 42.5 Å². The van der Waals surface area contributed by atoms with Crippen molar-refractivity contribution >= 4 is 23.4 Å². The van der Waals surface area contributed by atoms with E-state index < -0.39 is 6.10 Å². The second-order valence-electron chi connectivity index (χ2n) is 8.14. The van der Waals surface area contributed by atoms with Crippen LogP contribution < -0.4 is 0 Å². The van der Waals surface area contributed by atoms with E-state index in [2.05, 4.69) is 4.90 Å². The SMILES string of the molecule is Cc1cc(C(=O)N2CC(O)C(N3CCN(C(=O)c4ccc(Cl)cc4)CC3)C2)ccc1F. The first kappa shape index (κ1) is 21.7. The number of benzene rings is 2. The Kier molecular flexibility index (Phi) is 6.27. The smallest absolute Gasteiger partial charge is 0.254 e. The topological polar surface area (TPSA) is 64.1 Å². The van der Waals surface area contributed by atoms with Gasteiger partial charge in [0.25, 0.3) is 11.8 Å². The van der Waals surface area contributed by atoms with Gasteiger partial charge in [0.1, 0.15) is 5.82 Å². The average molecular weight is 446 g/mol. The monoisotopic (exact) mass is 445 g/mol. The van der Waals surface area contributed by atoms with E-state index in [-0.39, 0.29) is 30.2 Å². The standard InChI is InChI=1S/C23H25ClFN3O3/c1-15-12-17(4-7-19(15)25)23(31)28-13-20(21(29)14-28)26-8-10-27(11-9-26)22(30)16-2-5-18(24)6-3-16/h2-7,12,20-21,29H,8-11,13-14H2,1H3. The molecule has 2 aliphatic heterocycles. The van der Waals surface area contributed by atoms with Crippen molar-refractivity contribution in [3.05, 3.63) is 70.0 Å². The number of nitrogens with zero attached hydrogens (tertiary/aromatic N) is 3. The van der Waals surface area contributed by atoms with Gasteiger partial charge in [-0.15, -0.1) is 0 Å². The van der Waals surface area contributed by atoms with Crippen LogP contribution in [-0.4, -0.2) is 83.0 Å². The summed E-state index contributed by atoms with van der Waals surface area (Å²) in [4.78, 5) is 31.1. The maximum absolute atomic E-state index is 13.5. The molecule has 2 saturated heterocycles. The molecule has 2 aliphatic rings. The second-order valence-corrected chi connectivity index (χ2v) is 8.58. The number of aliphatic hydroxyl groups is 1. The van der Waals surface area contributed by atoms with Crippen LogP contribution in [0.25, 0.3) is 0 Å². The molecule has 2 aromatic rings. The van der Waals surface area contributed by atoms with Gasteiger partial charge in [-0.1, -0.05) is 11.6 Å². The molecule has 6 nitrogen and oxygen atoms in total. The van der Waals surface area contributed by atoms with Crippen molar-refractivity contribution in [1.82, 2.24) is 14.7 Å². The van der Waals surface area contributed by atoms with Crippen LogP contribution in [0.5, 0.6) is 0 Å². The van der Waals surface area contributed by atoms with Crippen LogP contribution >= 0.6 is 11.6 Å². The van der Waals surface area contributed by atoms with Crippen molar-refractivity contribution in [2.45, 2.75) is 19.1 Å². The van der Waals surface area contributed by atoms with E-state index in [0.29, 0.717) is 54.4 Å².